The number of aryl methyl sites for hydroxylation is 1. The lowest BCUT2D eigenvalue weighted by atomic mass is 10.1. The molecule has 3 heterocycles. The third-order valence-electron chi connectivity index (χ3n) is 6.12. The summed E-state index contributed by atoms with van der Waals surface area (Å²) in [6.45, 7) is 4.81. The second kappa shape index (κ2) is 11.3. The number of anilines is 2. The number of thioether (sulfide) groups is 1. The SMILES string of the molecule is Cc1ccccc1C(=O)N1CCN(c2ccc(NC(=O)CSc3nnc(-c4ccncc4)o3)cc2)CC1. The Labute approximate surface area is 218 Å². The highest BCUT2D eigenvalue weighted by Gasteiger charge is 2.23. The summed E-state index contributed by atoms with van der Waals surface area (Å²) in [6, 6.07) is 19.0. The number of piperazine rings is 1. The minimum Gasteiger partial charge on any atom is -0.411 e. The number of pyridine rings is 1. The van der Waals surface area contributed by atoms with Gasteiger partial charge in [0.1, 0.15) is 0 Å². The van der Waals surface area contributed by atoms with Gasteiger partial charge in [0.05, 0.1) is 5.75 Å². The zero-order valence-electron chi connectivity index (χ0n) is 20.3. The molecular formula is C27H26N6O3S. The standard InChI is InChI=1S/C27H26N6O3S/c1-19-4-2-3-5-23(19)26(35)33-16-14-32(15-17-33)22-8-6-21(7-9-22)29-24(34)18-37-27-31-30-25(36-27)20-10-12-28-13-11-20/h2-13H,14-18H2,1H3,(H,29,34). The van der Waals surface area contributed by atoms with Gasteiger partial charge in [0.15, 0.2) is 0 Å². The fourth-order valence-corrected chi connectivity index (χ4v) is 4.67. The van der Waals surface area contributed by atoms with Crippen molar-refractivity contribution in [3.63, 3.8) is 0 Å². The minimum atomic E-state index is -0.162. The maximum Gasteiger partial charge on any atom is 0.277 e. The second-order valence-electron chi connectivity index (χ2n) is 8.59. The Morgan fingerprint density at radius 1 is 0.946 bits per heavy atom. The zero-order valence-corrected chi connectivity index (χ0v) is 21.1. The summed E-state index contributed by atoms with van der Waals surface area (Å²) in [5.41, 5.74) is 4.31. The number of rotatable bonds is 7. The average molecular weight is 515 g/mol. The molecule has 0 atom stereocenters. The molecule has 10 heteroatoms. The number of carbonyl (C=O) groups excluding carboxylic acids is 2. The fraction of sp³-hybridized carbons (Fsp3) is 0.222. The summed E-state index contributed by atoms with van der Waals surface area (Å²) in [7, 11) is 0. The summed E-state index contributed by atoms with van der Waals surface area (Å²) in [5.74, 6) is 0.463. The van der Waals surface area contributed by atoms with E-state index in [0.717, 1.165) is 35.5 Å². The first-order valence-electron chi connectivity index (χ1n) is 11.9. The molecule has 1 aliphatic rings. The van der Waals surface area contributed by atoms with Crippen LogP contribution in [0.2, 0.25) is 0 Å². The molecule has 1 aliphatic heterocycles. The Morgan fingerprint density at radius 2 is 1.68 bits per heavy atom. The molecule has 0 aliphatic carbocycles. The molecule has 0 saturated carbocycles. The molecule has 0 bridgehead atoms. The number of benzene rings is 2. The molecule has 9 nitrogen and oxygen atoms in total. The smallest absolute Gasteiger partial charge is 0.277 e. The number of aromatic nitrogens is 3. The number of nitrogens with one attached hydrogen (secondary N) is 1. The average Bonchev–Trinajstić information content (AvgIpc) is 3.42. The quantitative estimate of drug-likeness (QED) is 0.367. The van der Waals surface area contributed by atoms with E-state index in [0.29, 0.717) is 29.9 Å². The summed E-state index contributed by atoms with van der Waals surface area (Å²) in [6.07, 6.45) is 3.30. The maximum atomic E-state index is 12.9. The van der Waals surface area contributed by atoms with Gasteiger partial charge in [-0.15, -0.1) is 10.2 Å². The van der Waals surface area contributed by atoms with Crippen molar-refractivity contribution >= 4 is 35.0 Å². The van der Waals surface area contributed by atoms with Crippen LogP contribution in [0.3, 0.4) is 0 Å². The van der Waals surface area contributed by atoms with Crippen molar-refractivity contribution < 1.29 is 14.0 Å². The van der Waals surface area contributed by atoms with Gasteiger partial charge in [-0.3, -0.25) is 14.6 Å². The van der Waals surface area contributed by atoms with Gasteiger partial charge < -0.3 is 19.5 Å². The first-order valence-corrected chi connectivity index (χ1v) is 12.9. The van der Waals surface area contributed by atoms with Crippen LogP contribution in [0, 0.1) is 6.92 Å². The summed E-state index contributed by atoms with van der Waals surface area (Å²) in [5, 5.41) is 11.2. The van der Waals surface area contributed by atoms with E-state index in [-0.39, 0.29) is 17.6 Å². The number of hydrogen-bond donors (Lipinski definition) is 1. The maximum absolute atomic E-state index is 12.9. The van der Waals surface area contributed by atoms with Gasteiger partial charge in [0.2, 0.25) is 11.8 Å². The molecule has 1 saturated heterocycles. The molecule has 1 N–H and O–H groups in total. The van der Waals surface area contributed by atoms with Gasteiger partial charge >= 0.3 is 0 Å². The van der Waals surface area contributed by atoms with Crippen LogP contribution in [0.5, 0.6) is 0 Å². The minimum absolute atomic E-state index is 0.0859. The second-order valence-corrected chi connectivity index (χ2v) is 9.51. The van der Waals surface area contributed by atoms with Crippen LogP contribution in [-0.4, -0.2) is 63.8 Å². The molecule has 0 spiro atoms. The van der Waals surface area contributed by atoms with Crippen molar-refractivity contribution in [1.29, 1.82) is 0 Å². The lowest BCUT2D eigenvalue weighted by Gasteiger charge is -2.36. The Balaban J connectivity index is 1.09. The van der Waals surface area contributed by atoms with Crippen molar-refractivity contribution in [2.24, 2.45) is 0 Å². The Morgan fingerprint density at radius 3 is 2.41 bits per heavy atom. The lowest BCUT2D eigenvalue weighted by Crippen LogP contribution is -2.48. The zero-order chi connectivity index (χ0) is 25.6. The molecule has 0 radical (unpaired) electrons. The van der Waals surface area contributed by atoms with Crippen molar-refractivity contribution in [2.75, 3.05) is 42.1 Å². The van der Waals surface area contributed by atoms with Crippen molar-refractivity contribution in [2.45, 2.75) is 12.1 Å². The number of carbonyl (C=O) groups is 2. The Hall–Kier alpha value is -4.18. The van der Waals surface area contributed by atoms with Gasteiger partial charge in [-0.1, -0.05) is 30.0 Å². The van der Waals surface area contributed by atoms with E-state index >= 15 is 0 Å². The van der Waals surface area contributed by atoms with Crippen LogP contribution >= 0.6 is 11.8 Å². The van der Waals surface area contributed by atoms with E-state index in [1.54, 1.807) is 24.5 Å². The Bertz CT molecular complexity index is 1370. The van der Waals surface area contributed by atoms with Gasteiger partial charge in [-0.05, 0) is 55.0 Å². The van der Waals surface area contributed by atoms with E-state index in [1.165, 1.54) is 11.8 Å². The summed E-state index contributed by atoms with van der Waals surface area (Å²) in [4.78, 5) is 33.4. The molecule has 1 fully saturated rings. The monoisotopic (exact) mass is 514 g/mol. The molecule has 0 unspecified atom stereocenters. The molecule has 2 aromatic carbocycles. The van der Waals surface area contributed by atoms with Crippen LogP contribution in [0.1, 0.15) is 15.9 Å². The molecule has 2 amide bonds. The molecule has 2 aromatic heterocycles. The van der Waals surface area contributed by atoms with Crippen LogP contribution in [-0.2, 0) is 4.79 Å². The molecular weight excluding hydrogens is 488 g/mol. The van der Waals surface area contributed by atoms with Gasteiger partial charge in [-0.25, -0.2) is 0 Å². The highest BCUT2D eigenvalue weighted by molar-refractivity contribution is 7.99. The predicted molar refractivity (Wildman–Crippen MR) is 143 cm³/mol. The molecule has 37 heavy (non-hydrogen) atoms. The first kappa shape index (κ1) is 24.5. The highest BCUT2D eigenvalue weighted by Crippen LogP contribution is 2.24. The third kappa shape index (κ3) is 5.97. The van der Waals surface area contributed by atoms with Crippen molar-refractivity contribution in [3.8, 4) is 11.5 Å². The Kier molecular flexibility index (Phi) is 7.46. The van der Waals surface area contributed by atoms with Crippen molar-refractivity contribution in [1.82, 2.24) is 20.1 Å². The van der Waals surface area contributed by atoms with E-state index in [2.05, 4.69) is 25.4 Å². The molecule has 4 aromatic rings. The third-order valence-corrected chi connectivity index (χ3v) is 6.94. The van der Waals surface area contributed by atoms with E-state index in [9.17, 15) is 9.59 Å². The summed E-state index contributed by atoms with van der Waals surface area (Å²) >= 11 is 1.18. The largest absolute Gasteiger partial charge is 0.411 e. The lowest BCUT2D eigenvalue weighted by molar-refractivity contribution is -0.113. The van der Waals surface area contributed by atoms with Gasteiger partial charge in [0, 0.05) is 61.1 Å². The topological polar surface area (TPSA) is 104 Å². The van der Waals surface area contributed by atoms with Gasteiger partial charge in [-0.2, -0.15) is 0 Å². The fourth-order valence-electron chi connectivity index (χ4n) is 4.11. The number of hydrogen-bond acceptors (Lipinski definition) is 8. The van der Waals surface area contributed by atoms with Crippen LogP contribution in [0.15, 0.2) is 82.7 Å². The van der Waals surface area contributed by atoms with E-state index in [4.69, 9.17) is 4.42 Å². The number of amides is 2. The van der Waals surface area contributed by atoms with Crippen LogP contribution < -0.4 is 10.2 Å². The van der Waals surface area contributed by atoms with Crippen LogP contribution in [0.25, 0.3) is 11.5 Å². The highest BCUT2D eigenvalue weighted by atomic mass is 32.2. The normalized spacial score (nSPS) is 13.4. The predicted octanol–water partition coefficient (Wildman–Crippen LogP) is 4.13. The molecule has 5 rings (SSSR count). The van der Waals surface area contributed by atoms with E-state index in [1.807, 2.05) is 60.4 Å². The van der Waals surface area contributed by atoms with Crippen molar-refractivity contribution in [3.05, 3.63) is 84.2 Å². The van der Waals surface area contributed by atoms with E-state index < -0.39 is 0 Å². The number of nitrogens with zero attached hydrogens (tertiary/aromatic N) is 5. The van der Waals surface area contributed by atoms with Crippen LogP contribution in [0.4, 0.5) is 11.4 Å². The summed E-state index contributed by atoms with van der Waals surface area (Å²) < 4.78 is 5.61. The van der Waals surface area contributed by atoms with Gasteiger partial charge in [0.25, 0.3) is 11.1 Å². The first-order chi connectivity index (χ1) is 18.1. The molecule has 188 valence electrons.